The third kappa shape index (κ3) is 5.09. The normalized spacial score (nSPS) is 11.9. The predicted molar refractivity (Wildman–Crippen MR) is 134 cm³/mol. The second kappa shape index (κ2) is 10.2. The number of carbonyl (C=O) groups excluding carboxylic acids is 1. The lowest BCUT2D eigenvalue weighted by molar-refractivity contribution is 0.0964. The van der Waals surface area contributed by atoms with Gasteiger partial charge in [0, 0.05) is 61.2 Å². The Labute approximate surface area is 198 Å². The summed E-state index contributed by atoms with van der Waals surface area (Å²) < 4.78 is 0. The molecule has 0 aliphatic carbocycles. The number of hydrogen-bond acceptors (Lipinski definition) is 8. The van der Waals surface area contributed by atoms with E-state index in [1.54, 1.807) is 31.7 Å². The van der Waals surface area contributed by atoms with Crippen molar-refractivity contribution >= 4 is 28.6 Å². The summed E-state index contributed by atoms with van der Waals surface area (Å²) in [6, 6.07) is 9.82. The quantitative estimate of drug-likeness (QED) is 0.366. The Morgan fingerprint density at radius 2 is 1.79 bits per heavy atom. The van der Waals surface area contributed by atoms with E-state index in [1.807, 2.05) is 38.1 Å². The summed E-state index contributed by atoms with van der Waals surface area (Å²) in [5, 5.41) is 10.1. The molecule has 0 aliphatic heterocycles. The molecule has 0 radical (unpaired) electrons. The van der Waals surface area contributed by atoms with Gasteiger partial charge in [-0.05, 0) is 25.5 Å². The summed E-state index contributed by atoms with van der Waals surface area (Å²) in [5.41, 5.74) is 4.06. The lowest BCUT2D eigenvalue weighted by Crippen LogP contribution is -2.18. The maximum absolute atomic E-state index is 12.3. The highest BCUT2D eigenvalue weighted by molar-refractivity contribution is 6.06. The standard InChI is InChI=1S/C25H28N8O/c1-15(2)33-25-29-12-17(13-30-25)21-10-22(32-14-31-21)28-11-16(3)18-6-5-7-19-20(24(34)26-4)8-9-27-23(18)19/h5-10,12-16H,11H2,1-4H3,(H,26,34)(H,28,31,32)(H,29,30,33)/t16-/m1/s1. The average molecular weight is 457 g/mol. The van der Waals surface area contributed by atoms with Gasteiger partial charge in [0.05, 0.1) is 16.8 Å². The van der Waals surface area contributed by atoms with Crippen molar-refractivity contribution in [2.24, 2.45) is 0 Å². The molecule has 34 heavy (non-hydrogen) atoms. The van der Waals surface area contributed by atoms with Gasteiger partial charge in [0.2, 0.25) is 5.95 Å². The smallest absolute Gasteiger partial charge is 0.251 e. The number of fused-ring (bicyclic) bond motifs is 1. The molecule has 9 heteroatoms. The molecule has 0 saturated heterocycles. The van der Waals surface area contributed by atoms with Crippen LogP contribution >= 0.6 is 0 Å². The van der Waals surface area contributed by atoms with Crippen molar-refractivity contribution in [1.82, 2.24) is 30.2 Å². The van der Waals surface area contributed by atoms with E-state index in [9.17, 15) is 4.79 Å². The zero-order chi connectivity index (χ0) is 24.1. The van der Waals surface area contributed by atoms with E-state index in [1.165, 1.54) is 6.33 Å². The molecule has 1 aromatic carbocycles. The molecule has 3 N–H and O–H groups in total. The van der Waals surface area contributed by atoms with Gasteiger partial charge in [-0.3, -0.25) is 9.78 Å². The zero-order valence-corrected chi connectivity index (χ0v) is 19.7. The van der Waals surface area contributed by atoms with Crippen LogP contribution in [0, 0.1) is 0 Å². The van der Waals surface area contributed by atoms with Crippen LogP contribution in [-0.2, 0) is 0 Å². The minimum Gasteiger partial charge on any atom is -0.369 e. The summed E-state index contributed by atoms with van der Waals surface area (Å²) in [5.74, 6) is 1.30. The Balaban J connectivity index is 1.50. The van der Waals surface area contributed by atoms with E-state index in [4.69, 9.17) is 0 Å². The number of nitrogens with zero attached hydrogens (tertiary/aromatic N) is 5. The Morgan fingerprint density at radius 3 is 2.53 bits per heavy atom. The molecular weight excluding hydrogens is 428 g/mol. The first-order chi connectivity index (χ1) is 16.5. The van der Waals surface area contributed by atoms with Crippen molar-refractivity contribution < 1.29 is 4.79 Å². The van der Waals surface area contributed by atoms with E-state index >= 15 is 0 Å². The van der Waals surface area contributed by atoms with Crippen molar-refractivity contribution in [3.8, 4) is 11.3 Å². The molecule has 9 nitrogen and oxygen atoms in total. The monoisotopic (exact) mass is 456 g/mol. The van der Waals surface area contributed by atoms with Crippen LogP contribution in [0.5, 0.6) is 0 Å². The van der Waals surface area contributed by atoms with E-state index in [0.29, 0.717) is 23.9 Å². The Hall–Kier alpha value is -4.14. The first-order valence-electron chi connectivity index (χ1n) is 11.2. The van der Waals surface area contributed by atoms with E-state index in [-0.39, 0.29) is 17.9 Å². The molecule has 1 amide bonds. The van der Waals surface area contributed by atoms with Crippen LogP contribution in [0.25, 0.3) is 22.2 Å². The van der Waals surface area contributed by atoms with Gasteiger partial charge >= 0.3 is 0 Å². The summed E-state index contributed by atoms with van der Waals surface area (Å²) >= 11 is 0. The number of para-hydroxylation sites is 1. The maximum atomic E-state index is 12.3. The van der Waals surface area contributed by atoms with Crippen LogP contribution < -0.4 is 16.0 Å². The van der Waals surface area contributed by atoms with Crippen molar-refractivity contribution in [1.29, 1.82) is 0 Å². The third-order valence-electron chi connectivity index (χ3n) is 5.43. The van der Waals surface area contributed by atoms with Gasteiger partial charge in [0.25, 0.3) is 5.91 Å². The highest BCUT2D eigenvalue weighted by atomic mass is 16.1. The van der Waals surface area contributed by atoms with E-state index in [0.717, 1.165) is 27.7 Å². The lowest BCUT2D eigenvalue weighted by Gasteiger charge is -2.16. The van der Waals surface area contributed by atoms with E-state index < -0.39 is 0 Å². The lowest BCUT2D eigenvalue weighted by atomic mass is 9.96. The summed E-state index contributed by atoms with van der Waals surface area (Å²) in [6.45, 7) is 6.83. The third-order valence-corrected chi connectivity index (χ3v) is 5.43. The molecule has 0 bridgehead atoms. The Bertz CT molecular complexity index is 1290. The van der Waals surface area contributed by atoms with Crippen molar-refractivity contribution in [2.45, 2.75) is 32.7 Å². The van der Waals surface area contributed by atoms with Crippen LogP contribution in [0.4, 0.5) is 11.8 Å². The molecule has 3 aromatic heterocycles. The van der Waals surface area contributed by atoms with Crippen LogP contribution in [0.15, 0.2) is 55.2 Å². The minimum atomic E-state index is -0.124. The van der Waals surface area contributed by atoms with Crippen molar-refractivity contribution in [3.63, 3.8) is 0 Å². The van der Waals surface area contributed by atoms with Gasteiger partial charge in [-0.15, -0.1) is 0 Å². The van der Waals surface area contributed by atoms with Crippen LogP contribution in [0.3, 0.4) is 0 Å². The number of carbonyl (C=O) groups is 1. The first-order valence-corrected chi connectivity index (χ1v) is 11.2. The van der Waals surface area contributed by atoms with Gasteiger partial charge in [0.15, 0.2) is 0 Å². The van der Waals surface area contributed by atoms with Gasteiger partial charge in [-0.25, -0.2) is 19.9 Å². The van der Waals surface area contributed by atoms with Gasteiger partial charge in [-0.2, -0.15) is 0 Å². The molecule has 3 heterocycles. The molecule has 0 aliphatic rings. The number of anilines is 2. The number of aromatic nitrogens is 5. The zero-order valence-electron chi connectivity index (χ0n) is 19.7. The second-order valence-corrected chi connectivity index (χ2v) is 8.35. The Morgan fingerprint density at radius 1 is 1.00 bits per heavy atom. The van der Waals surface area contributed by atoms with Gasteiger partial charge < -0.3 is 16.0 Å². The molecule has 0 saturated carbocycles. The van der Waals surface area contributed by atoms with Gasteiger partial charge in [-0.1, -0.05) is 25.1 Å². The topological polar surface area (TPSA) is 118 Å². The summed E-state index contributed by atoms with van der Waals surface area (Å²) in [6.07, 6.45) is 6.70. The average Bonchev–Trinajstić information content (AvgIpc) is 2.86. The highest BCUT2D eigenvalue weighted by Crippen LogP contribution is 2.27. The number of amides is 1. The molecular formula is C25H28N8O. The summed E-state index contributed by atoms with van der Waals surface area (Å²) in [4.78, 5) is 34.2. The number of nitrogens with one attached hydrogen (secondary N) is 3. The van der Waals surface area contributed by atoms with Crippen molar-refractivity contribution in [2.75, 3.05) is 24.2 Å². The van der Waals surface area contributed by atoms with Gasteiger partial charge in [0.1, 0.15) is 12.1 Å². The van der Waals surface area contributed by atoms with Crippen LogP contribution in [0.1, 0.15) is 42.6 Å². The minimum absolute atomic E-state index is 0.124. The second-order valence-electron chi connectivity index (χ2n) is 8.35. The number of pyridine rings is 1. The molecule has 0 spiro atoms. The fraction of sp³-hybridized carbons (Fsp3) is 0.280. The van der Waals surface area contributed by atoms with E-state index in [2.05, 4.69) is 47.8 Å². The number of benzene rings is 1. The molecule has 174 valence electrons. The Kier molecular flexibility index (Phi) is 6.91. The molecule has 4 aromatic rings. The van der Waals surface area contributed by atoms with Crippen molar-refractivity contribution in [3.05, 3.63) is 66.4 Å². The molecule has 4 rings (SSSR count). The molecule has 0 unspecified atom stereocenters. The highest BCUT2D eigenvalue weighted by Gasteiger charge is 2.15. The number of rotatable bonds is 8. The fourth-order valence-corrected chi connectivity index (χ4v) is 3.70. The van der Waals surface area contributed by atoms with Crippen LogP contribution in [-0.4, -0.2) is 50.5 Å². The number of hydrogen-bond donors (Lipinski definition) is 3. The predicted octanol–water partition coefficient (Wildman–Crippen LogP) is 3.88. The van der Waals surface area contributed by atoms with Crippen LogP contribution in [0.2, 0.25) is 0 Å². The summed E-state index contributed by atoms with van der Waals surface area (Å²) in [7, 11) is 1.63. The fourth-order valence-electron chi connectivity index (χ4n) is 3.70. The first kappa shape index (κ1) is 23.0. The largest absolute Gasteiger partial charge is 0.369 e. The maximum Gasteiger partial charge on any atom is 0.251 e. The molecule has 1 atom stereocenters. The molecule has 0 fully saturated rings. The SMILES string of the molecule is CNC(=O)c1ccnc2c([C@H](C)CNc3cc(-c4cnc(NC(C)C)nc4)ncn3)cccc12.